The van der Waals surface area contributed by atoms with Crippen molar-refractivity contribution in [1.29, 1.82) is 0 Å². The molecule has 2 aliphatic rings. The maximum atomic E-state index is 13.4. The summed E-state index contributed by atoms with van der Waals surface area (Å²) in [6.45, 7) is 3.48. The van der Waals surface area contributed by atoms with E-state index in [1.54, 1.807) is 36.4 Å². The van der Waals surface area contributed by atoms with Crippen LogP contribution in [0.3, 0.4) is 0 Å². The van der Waals surface area contributed by atoms with Crippen LogP contribution in [0.2, 0.25) is 15.1 Å². The minimum absolute atomic E-state index is 0.0541. The number of carbonyl (C=O) groups is 3. The molecule has 38 heavy (non-hydrogen) atoms. The van der Waals surface area contributed by atoms with Gasteiger partial charge in [0.05, 0.1) is 28.8 Å². The van der Waals surface area contributed by atoms with Gasteiger partial charge < -0.3 is 25.3 Å². The first kappa shape index (κ1) is 27.8. The van der Waals surface area contributed by atoms with Gasteiger partial charge in [-0.2, -0.15) is 0 Å². The standard InChI is InChI=1S/C27H25Cl3N2O6/c1-27(2)10-17(33)22-19(11-27)38-25(31)23(26(35)36-3)21(22)14-9-13(28)7-8-18(14)37-12-20(34)32-16-6-4-5-15(29)24(16)30/h4-9,21H,10-12,31H2,1-3H3,(H,32,34). The summed E-state index contributed by atoms with van der Waals surface area (Å²) in [6, 6.07) is 9.52. The van der Waals surface area contributed by atoms with E-state index in [9.17, 15) is 14.4 Å². The zero-order valence-corrected chi connectivity index (χ0v) is 23.1. The maximum Gasteiger partial charge on any atom is 0.340 e. The molecule has 1 aliphatic carbocycles. The molecule has 0 saturated heterocycles. The molecule has 1 unspecified atom stereocenters. The zero-order valence-electron chi connectivity index (χ0n) is 20.8. The van der Waals surface area contributed by atoms with Crippen molar-refractivity contribution in [3.63, 3.8) is 0 Å². The number of allylic oxidation sites excluding steroid dienone is 2. The van der Waals surface area contributed by atoms with E-state index in [0.29, 0.717) is 28.5 Å². The molecule has 1 aliphatic heterocycles. The first-order valence-corrected chi connectivity index (χ1v) is 12.7. The van der Waals surface area contributed by atoms with Crippen molar-refractivity contribution in [3.8, 4) is 5.75 Å². The summed E-state index contributed by atoms with van der Waals surface area (Å²) in [6.07, 6.45) is 0.666. The number of halogens is 3. The maximum absolute atomic E-state index is 13.4. The Kier molecular flexibility index (Phi) is 7.97. The molecule has 0 fully saturated rings. The minimum atomic E-state index is -0.978. The summed E-state index contributed by atoms with van der Waals surface area (Å²) in [5.74, 6) is -2.04. The summed E-state index contributed by atoms with van der Waals surface area (Å²) in [7, 11) is 1.20. The van der Waals surface area contributed by atoms with Crippen LogP contribution in [0.1, 0.15) is 38.2 Å². The number of anilines is 1. The number of nitrogens with two attached hydrogens (primary N) is 1. The van der Waals surface area contributed by atoms with Crippen molar-refractivity contribution in [2.75, 3.05) is 19.0 Å². The third-order valence-electron chi connectivity index (χ3n) is 6.23. The highest BCUT2D eigenvalue weighted by Crippen LogP contribution is 2.50. The van der Waals surface area contributed by atoms with Crippen LogP contribution >= 0.6 is 34.8 Å². The van der Waals surface area contributed by atoms with Crippen molar-refractivity contribution < 1.29 is 28.6 Å². The Bertz CT molecular complexity index is 1400. The highest BCUT2D eigenvalue weighted by atomic mass is 35.5. The second-order valence-electron chi connectivity index (χ2n) is 9.70. The third kappa shape index (κ3) is 5.62. The number of esters is 1. The van der Waals surface area contributed by atoms with Crippen molar-refractivity contribution in [2.45, 2.75) is 32.6 Å². The Hall–Kier alpha value is -3.20. The molecular formula is C27H25Cl3N2O6. The third-order valence-corrected chi connectivity index (χ3v) is 7.28. The summed E-state index contributed by atoms with van der Waals surface area (Å²) in [5.41, 5.74) is 6.74. The number of nitrogens with one attached hydrogen (secondary N) is 1. The largest absolute Gasteiger partial charge is 0.483 e. The van der Waals surface area contributed by atoms with E-state index < -0.39 is 24.4 Å². The molecule has 3 N–H and O–H groups in total. The molecule has 0 aromatic heterocycles. The van der Waals surface area contributed by atoms with Gasteiger partial charge in [0.15, 0.2) is 12.4 Å². The van der Waals surface area contributed by atoms with E-state index in [-0.39, 0.29) is 50.4 Å². The van der Waals surface area contributed by atoms with Crippen LogP contribution in [0.4, 0.5) is 5.69 Å². The monoisotopic (exact) mass is 578 g/mol. The fourth-order valence-electron chi connectivity index (χ4n) is 4.61. The lowest BCUT2D eigenvalue weighted by Crippen LogP contribution is -2.35. The van der Waals surface area contributed by atoms with Crippen LogP contribution in [0.5, 0.6) is 5.75 Å². The first-order chi connectivity index (χ1) is 17.9. The summed E-state index contributed by atoms with van der Waals surface area (Å²) in [4.78, 5) is 38.9. The van der Waals surface area contributed by atoms with Gasteiger partial charge in [-0.15, -0.1) is 0 Å². The van der Waals surface area contributed by atoms with Gasteiger partial charge in [-0.3, -0.25) is 9.59 Å². The molecule has 0 spiro atoms. The number of ketones is 1. The van der Waals surface area contributed by atoms with Crippen molar-refractivity contribution in [2.24, 2.45) is 11.1 Å². The molecule has 4 rings (SSSR count). The summed E-state index contributed by atoms with van der Waals surface area (Å²) in [5, 5.41) is 3.44. The van der Waals surface area contributed by atoms with Crippen LogP contribution in [0, 0.1) is 5.41 Å². The van der Waals surface area contributed by atoms with Gasteiger partial charge in [0, 0.05) is 29.0 Å². The van der Waals surface area contributed by atoms with Crippen molar-refractivity contribution in [1.82, 2.24) is 0 Å². The Morgan fingerprint density at radius 3 is 2.61 bits per heavy atom. The van der Waals surface area contributed by atoms with Gasteiger partial charge in [0.1, 0.15) is 17.1 Å². The van der Waals surface area contributed by atoms with E-state index in [1.165, 1.54) is 7.11 Å². The molecule has 1 heterocycles. The highest BCUT2D eigenvalue weighted by molar-refractivity contribution is 6.44. The summed E-state index contributed by atoms with van der Waals surface area (Å²) < 4.78 is 16.6. The molecule has 1 amide bonds. The molecule has 2 aromatic rings. The molecule has 200 valence electrons. The van der Waals surface area contributed by atoms with Crippen LogP contribution in [0.15, 0.2) is 59.2 Å². The van der Waals surface area contributed by atoms with Gasteiger partial charge in [-0.1, -0.05) is 54.7 Å². The normalized spacial score (nSPS) is 18.5. The lowest BCUT2D eigenvalue weighted by atomic mass is 9.70. The Morgan fingerprint density at radius 1 is 1.16 bits per heavy atom. The van der Waals surface area contributed by atoms with Crippen LogP contribution in [-0.4, -0.2) is 31.4 Å². The summed E-state index contributed by atoms with van der Waals surface area (Å²) >= 11 is 18.5. The second-order valence-corrected chi connectivity index (χ2v) is 10.9. The predicted octanol–water partition coefficient (Wildman–Crippen LogP) is 5.76. The molecule has 1 atom stereocenters. The number of Topliss-reactive ketones (excluding diaryl/α,β-unsaturated/α-hetero) is 1. The SMILES string of the molecule is COC(=O)C1=C(N)OC2=C(C(=O)CC(C)(C)C2)C1c1cc(Cl)ccc1OCC(=O)Nc1cccc(Cl)c1Cl. The lowest BCUT2D eigenvalue weighted by Gasteiger charge is -2.38. The highest BCUT2D eigenvalue weighted by Gasteiger charge is 2.46. The quantitative estimate of drug-likeness (QED) is 0.418. The van der Waals surface area contributed by atoms with Crippen molar-refractivity contribution >= 4 is 58.1 Å². The molecule has 0 saturated carbocycles. The molecule has 0 bridgehead atoms. The van der Waals surface area contributed by atoms with Gasteiger partial charge in [-0.25, -0.2) is 4.79 Å². The fraction of sp³-hybridized carbons (Fsp3) is 0.296. The Morgan fingerprint density at radius 2 is 1.89 bits per heavy atom. The van der Waals surface area contributed by atoms with Gasteiger partial charge >= 0.3 is 5.97 Å². The van der Waals surface area contributed by atoms with Crippen LogP contribution in [-0.2, 0) is 23.9 Å². The van der Waals surface area contributed by atoms with E-state index in [1.807, 2.05) is 13.8 Å². The molecule has 2 aromatic carbocycles. The average molecular weight is 580 g/mol. The van der Waals surface area contributed by atoms with Crippen LogP contribution < -0.4 is 15.8 Å². The Labute approximate surface area is 234 Å². The fourth-order valence-corrected chi connectivity index (χ4v) is 5.14. The lowest BCUT2D eigenvalue weighted by molar-refractivity contribution is -0.136. The predicted molar refractivity (Wildman–Crippen MR) is 144 cm³/mol. The zero-order chi connectivity index (χ0) is 27.8. The number of rotatable bonds is 6. The number of ether oxygens (including phenoxy) is 3. The number of methoxy groups -OCH3 is 1. The van der Waals surface area contributed by atoms with Gasteiger partial charge in [-0.05, 0) is 35.7 Å². The first-order valence-electron chi connectivity index (χ1n) is 11.6. The number of benzene rings is 2. The number of hydrogen-bond acceptors (Lipinski definition) is 7. The van der Waals surface area contributed by atoms with E-state index >= 15 is 0 Å². The minimum Gasteiger partial charge on any atom is -0.483 e. The van der Waals surface area contributed by atoms with Crippen LogP contribution in [0.25, 0.3) is 0 Å². The molecule has 0 radical (unpaired) electrons. The number of amides is 1. The topological polar surface area (TPSA) is 117 Å². The van der Waals surface area contributed by atoms with E-state index in [4.69, 9.17) is 54.7 Å². The second kappa shape index (κ2) is 10.9. The molecular weight excluding hydrogens is 555 g/mol. The van der Waals surface area contributed by atoms with Crippen molar-refractivity contribution in [3.05, 3.63) is 79.8 Å². The van der Waals surface area contributed by atoms with E-state index in [2.05, 4.69) is 5.32 Å². The number of hydrogen-bond donors (Lipinski definition) is 2. The van der Waals surface area contributed by atoms with Gasteiger partial charge in [0.2, 0.25) is 5.88 Å². The smallest absolute Gasteiger partial charge is 0.340 e. The van der Waals surface area contributed by atoms with Gasteiger partial charge in [0.25, 0.3) is 5.91 Å². The number of carbonyl (C=O) groups excluding carboxylic acids is 3. The Balaban J connectivity index is 1.72. The molecule has 8 nitrogen and oxygen atoms in total. The van der Waals surface area contributed by atoms with E-state index in [0.717, 1.165) is 0 Å². The molecule has 11 heteroatoms. The average Bonchev–Trinajstić information content (AvgIpc) is 2.84.